The first-order chi connectivity index (χ1) is 14.8. The summed E-state index contributed by atoms with van der Waals surface area (Å²) in [7, 11) is 0. The number of benzene rings is 1. The van der Waals surface area contributed by atoms with E-state index in [1.807, 2.05) is 24.3 Å². The molecule has 6 nitrogen and oxygen atoms in total. The smallest absolute Gasteiger partial charge is 0.222 e. The molecule has 1 saturated carbocycles. The Kier molecular flexibility index (Phi) is 8.58. The average molecular weight is 476 g/mol. The third-order valence-corrected chi connectivity index (χ3v) is 7.11. The number of fused-ring (bicyclic) bond motifs is 3. The van der Waals surface area contributed by atoms with E-state index in [2.05, 4.69) is 26.3 Å². The standard InChI is InChI=1S/C24H29N5O.2ClH/c25-13-18-4-7-23-21(12-18)22-15-29(14-19(22)16-30-23)11-8-17-2-5-20(6-3-17)28-24-26-9-1-10-27-24;;/h1,4,7,9-10,12,17,19-20,22H,2-3,5-6,8,11,14-16H2,(H,26,27,28);2*1H/t17?,19-,20?,22+;;/m0../s1. The quantitative estimate of drug-likeness (QED) is 0.677. The Balaban J connectivity index is 0.00000144. The van der Waals surface area contributed by atoms with E-state index in [9.17, 15) is 5.26 Å². The Morgan fingerprint density at radius 1 is 1.09 bits per heavy atom. The average Bonchev–Trinajstić information content (AvgIpc) is 3.23. The van der Waals surface area contributed by atoms with Gasteiger partial charge >= 0.3 is 0 Å². The molecule has 3 aliphatic rings. The number of nitriles is 1. The van der Waals surface area contributed by atoms with Gasteiger partial charge in [0.05, 0.1) is 18.2 Å². The van der Waals surface area contributed by atoms with Crippen molar-refractivity contribution in [2.75, 3.05) is 31.6 Å². The maximum atomic E-state index is 9.25. The molecule has 2 atom stereocenters. The van der Waals surface area contributed by atoms with E-state index in [1.54, 1.807) is 12.4 Å². The number of aromatic nitrogens is 2. The highest BCUT2D eigenvalue weighted by Gasteiger charge is 2.38. The minimum Gasteiger partial charge on any atom is -0.493 e. The Morgan fingerprint density at radius 3 is 2.62 bits per heavy atom. The molecule has 32 heavy (non-hydrogen) atoms. The van der Waals surface area contributed by atoms with Crippen LogP contribution in [0.3, 0.4) is 0 Å². The van der Waals surface area contributed by atoms with Gasteiger partial charge in [-0.1, -0.05) is 0 Å². The van der Waals surface area contributed by atoms with Gasteiger partial charge in [-0.25, -0.2) is 9.97 Å². The number of rotatable bonds is 5. The van der Waals surface area contributed by atoms with Crippen LogP contribution in [0.15, 0.2) is 36.7 Å². The van der Waals surface area contributed by atoms with E-state index in [0.29, 0.717) is 17.9 Å². The molecule has 0 spiro atoms. The molecule has 1 saturated heterocycles. The summed E-state index contributed by atoms with van der Waals surface area (Å²) < 4.78 is 5.99. The molecule has 3 heterocycles. The van der Waals surface area contributed by atoms with Crippen LogP contribution >= 0.6 is 24.8 Å². The molecule has 1 aromatic carbocycles. The lowest BCUT2D eigenvalue weighted by atomic mass is 9.84. The number of hydrogen-bond donors (Lipinski definition) is 1. The highest BCUT2D eigenvalue weighted by atomic mass is 35.5. The van der Waals surface area contributed by atoms with Crippen LogP contribution in [0.2, 0.25) is 0 Å². The second-order valence-corrected chi connectivity index (χ2v) is 9.02. The second-order valence-electron chi connectivity index (χ2n) is 9.02. The third kappa shape index (κ3) is 5.46. The van der Waals surface area contributed by atoms with E-state index >= 15 is 0 Å². The van der Waals surface area contributed by atoms with E-state index in [4.69, 9.17) is 4.74 Å². The number of hydrogen-bond acceptors (Lipinski definition) is 6. The first-order valence-electron chi connectivity index (χ1n) is 11.2. The second kappa shape index (κ2) is 11.2. The Labute approximate surface area is 202 Å². The molecule has 0 radical (unpaired) electrons. The molecule has 5 rings (SSSR count). The van der Waals surface area contributed by atoms with Crippen LogP contribution in [0.1, 0.15) is 49.1 Å². The van der Waals surface area contributed by atoms with Crippen LogP contribution in [0.5, 0.6) is 5.75 Å². The van der Waals surface area contributed by atoms with Crippen molar-refractivity contribution in [2.45, 2.75) is 44.1 Å². The molecule has 1 aromatic heterocycles. The number of nitrogens with zero attached hydrogens (tertiary/aromatic N) is 4. The largest absolute Gasteiger partial charge is 0.493 e. The van der Waals surface area contributed by atoms with Gasteiger partial charge in [-0.05, 0) is 68.8 Å². The fourth-order valence-corrected chi connectivity index (χ4v) is 5.42. The predicted molar refractivity (Wildman–Crippen MR) is 130 cm³/mol. The SMILES string of the molecule is Cl.Cl.N#Cc1ccc2c(c1)[C@@H]1CN(CCC3CCC(Nc4ncccn4)CC3)C[C@H]1CO2. The maximum Gasteiger partial charge on any atom is 0.222 e. The van der Waals surface area contributed by atoms with Crippen molar-refractivity contribution < 1.29 is 4.74 Å². The minimum absolute atomic E-state index is 0. The van der Waals surface area contributed by atoms with Gasteiger partial charge in [0.15, 0.2) is 0 Å². The monoisotopic (exact) mass is 475 g/mol. The summed E-state index contributed by atoms with van der Waals surface area (Å²) >= 11 is 0. The van der Waals surface area contributed by atoms with E-state index in [-0.39, 0.29) is 24.8 Å². The van der Waals surface area contributed by atoms with Gasteiger partial charge in [0.2, 0.25) is 5.95 Å². The summed E-state index contributed by atoms with van der Waals surface area (Å²) in [6, 6.07) is 10.5. The van der Waals surface area contributed by atoms with Gasteiger partial charge in [0.1, 0.15) is 5.75 Å². The Bertz CT molecular complexity index is 914. The lowest BCUT2D eigenvalue weighted by Crippen LogP contribution is -2.29. The topological polar surface area (TPSA) is 74.1 Å². The molecular formula is C24H31Cl2N5O. The van der Waals surface area contributed by atoms with Gasteiger partial charge in [-0.2, -0.15) is 5.26 Å². The van der Waals surface area contributed by atoms with Crippen LogP contribution in [0.4, 0.5) is 5.95 Å². The lowest BCUT2D eigenvalue weighted by Gasteiger charge is -2.30. The van der Waals surface area contributed by atoms with Crippen molar-refractivity contribution in [1.82, 2.24) is 14.9 Å². The lowest BCUT2D eigenvalue weighted by molar-refractivity contribution is 0.209. The summed E-state index contributed by atoms with van der Waals surface area (Å²) in [5.41, 5.74) is 1.98. The molecule has 172 valence electrons. The molecule has 0 amide bonds. The van der Waals surface area contributed by atoms with Gasteiger partial charge in [0, 0.05) is 48.9 Å². The summed E-state index contributed by atoms with van der Waals surface area (Å²) in [4.78, 5) is 11.2. The van der Waals surface area contributed by atoms with Gasteiger partial charge < -0.3 is 15.0 Å². The summed E-state index contributed by atoms with van der Waals surface area (Å²) in [5.74, 6) is 3.61. The van der Waals surface area contributed by atoms with Gasteiger partial charge in [-0.15, -0.1) is 24.8 Å². The molecular weight excluding hydrogens is 445 g/mol. The Hall–Kier alpha value is -2.07. The maximum absolute atomic E-state index is 9.25. The summed E-state index contributed by atoms with van der Waals surface area (Å²) in [5, 5.41) is 12.7. The summed E-state index contributed by atoms with van der Waals surface area (Å²) in [6.45, 7) is 4.19. The van der Waals surface area contributed by atoms with Crippen LogP contribution in [-0.4, -0.2) is 47.2 Å². The molecule has 1 aliphatic carbocycles. The van der Waals surface area contributed by atoms with Crippen molar-refractivity contribution in [3.8, 4) is 11.8 Å². The molecule has 1 N–H and O–H groups in total. The molecule has 2 fully saturated rings. The highest BCUT2D eigenvalue weighted by molar-refractivity contribution is 5.85. The van der Waals surface area contributed by atoms with Crippen LogP contribution in [-0.2, 0) is 0 Å². The number of halogens is 2. The van der Waals surface area contributed by atoms with Crippen molar-refractivity contribution >= 4 is 30.8 Å². The predicted octanol–water partition coefficient (Wildman–Crippen LogP) is 4.66. The number of anilines is 1. The van der Waals surface area contributed by atoms with E-state index in [1.165, 1.54) is 44.2 Å². The first-order valence-corrected chi connectivity index (χ1v) is 11.2. The minimum atomic E-state index is 0. The molecule has 2 aliphatic heterocycles. The zero-order chi connectivity index (χ0) is 20.3. The number of ether oxygens (including phenoxy) is 1. The molecule has 0 bridgehead atoms. The van der Waals surface area contributed by atoms with Crippen LogP contribution in [0.25, 0.3) is 0 Å². The Morgan fingerprint density at radius 2 is 1.88 bits per heavy atom. The van der Waals surface area contributed by atoms with Gasteiger partial charge in [0.25, 0.3) is 0 Å². The molecule has 8 heteroatoms. The van der Waals surface area contributed by atoms with Crippen LogP contribution in [0, 0.1) is 23.2 Å². The van der Waals surface area contributed by atoms with Crippen molar-refractivity contribution in [2.24, 2.45) is 11.8 Å². The third-order valence-electron chi connectivity index (χ3n) is 7.11. The fourth-order valence-electron chi connectivity index (χ4n) is 5.42. The van der Waals surface area contributed by atoms with Crippen molar-refractivity contribution in [1.29, 1.82) is 5.26 Å². The molecule has 0 unspecified atom stereocenters. The number of nitrogens with one attached hydrogen (secondary N) is 1. The van der Waals surface area contributed by atoms with Crippen LogP contribution < -0.4 is 10.1 Å². The first kappa shape index (κ1) is 24.6. The highest BCUT2D eigenvalue weighted by Crippen LogP contribution is 2.42. The van der Waals surface area contributed by atoms with E-state index in [0.717, 1.165) is 42.9 Å². The summed E-state index contributed by atoms with van der Waals surface area (Å²) in [6.07, 6.45) is 9.82. The van der Waals surface area contributed by atoms with Crippen molar-refractivity contribution in [3.63, 3.8) is 0 Å². The van der Waals surface area contributed by atoms with E-state index < -0.39 is 0 Å². The zero-order valence-electron chi connectivity index (χ0n) is 18.2. The zero-order valence-corrected chi connectivity index (χ0v) is 19.8. The fraction of sp³-hybridized carbons (Fsp3) is 0.542. The molecule has 2 aromatic rings. The number of likely N-dealkylation sites (tertiary alicyclic amines) is 1. The normalized spacial score (nSPS) is 26.3. The van der Waals surface area contributed by atoms with Gasteiger partial charge in [-0.3, -0.25) is 0 Å². The van der Waals surface area contributed by atoms with Crippen molar-refractivity contribution in [3.05, 3.63) is 47.8 Å².